The molecule has 4 rings (SSSR count). The highest BCUT2D eigenvalue weighted by atomic mass is 32.2. The van der Waals surface area contributed by atoms with E-state index in [1.165, 1.54) is 43.1 Å². The zero-order valence-electron chi connectivity index (χ0n) is 16.9. The fourth-order valence-electron chi connectivity index (χ4n) is 3.77. The summed E-state index contributed by atoms with van der Waals surface area (Å²) in [6.45, 7) is 8.44. The fourth-order valence-corrected chi connectivity index (χ4v) is 5.22. The highest BCUT2D eigenvalue weighted by Crippen LogP contribution is 2.25. The zero-order chi connectivity index (χ0) is 20.8. The van der Waals surface area contributed by atoms with Crippen molar-refractivity contribution in [2.24, 2.45) is 0 Å². The molecule has 0 unspecified atom stereocenters. The van der Waals surface area contributed by atoms with Crippen LogP contribution < -0.4 is 10.5 Å². The lowest BCUT2D eigenvalue weighted by Crippen LogP contribution is -2.48. The van der Waals surface area contributed by atoms with E-state index in [0.717, 1.165) is 5.69 Å². The number of nitrogens with zero attached hydrogens (tertiary/aromatic N) is 5. The van der Waals surface area contributed by atoms with Gasteiger partial charge < -0.3 is 4.90 Å². The topological polar surface area (TPSA) is 79.9 Å². The molecule has 9 heteroatoms. The van der Waals surface area contributed by atoms with E-state index in [1.54, 1.807) is 0 Å². The molecular weight excluding hydrogens is 390 g/mol. The molecule has 1 aromatic carbocycles. The summed E-state index contributed by atoms with van der Waals surface area (Å²) in [7, 11) is -3.67. The van der Waals surface area contributed by atoms with E-state index in [-0.39, 0.29) is 10.5 Å². The van der Waals surface area contributed by atoms with Crippen molar-refractivity contribution in [2.75, 3.05) is 31.1 Å². The molecule has 1 saturated heterocycles. The third-order valence-corrected chi connectivity index (χ3v) is 7.34. The lowest BCUT2D eigenvalue weighted by atomic mass is 10.1. The number of piperazine rings is 1. The monoisotopic (exact) mass is 415 g/mol. The first-order chi connectivity index (χ1) is 13.8. The minimum absolute atomic E-state index is 0.130. The Morgan fingerprint density at radius 1 is 1.07 bits per heavy atom. The molecule has 0 radical (unpaired) electrons. The van der Waals surface area contributed by atoms with Crippen LogP contribution in [-0.2, 0) is 16.6 Å². The third-order valence-electron chi connectivity index (χ3n) is 5.47. The van der Waals surface area contributed by atoms with Gasteiger partial charge in [0.1, 0.15) is 16.7 Å². The molecule has 1 aliphatic heterocycles. The Bertz CT molecular complexity index is 1220. The first-order valence-electron chi connectivity index (χ1n) is 9.71. The molecular formula is C20H25N5O3S. The summed E-state index contributed by atoms with van der Waals surface area (Å²) in [6.07, 6.45) is 2.94. The lowest BCUT2D eigenvalue weighted by molar-refractivity contribution is 0.385. The van der Waals surface area contributed by atoms with E-state index in [0.29, 0.717) is 38.2 Å². The molecule has 0 amide bonds. The van der Waals surface area contributed by atoms with Crippen molar-refractivity contribution in [3.05, 3.63) is 58.3 Å². The van der Waals surface area contributed by atoms with E-state index < -0.39 is 10.0 Å². The first kappa shape index (κ1) is 19.7. The van der Waals surface area contributed by atoms with Crippen LogP contribution in [0.1, 0.15) is 18.1 Å². The summed E-state index contributed by atoms with van der Waals surface area (Å²) in [4.78, 5) is 14.8. The Morgan fingerprint density at radius 2 is 1.79 bits per heavy atom. The summed E-state index contributed by atoms with van der Waals surface area (Å²) in [5.74, 6) is 0. The molecule has 29 heavy (non-hydrogen) atoms. The van der Waals surface area contributed by atoms with Crippen molar-refractivity contribution in [3.63, 3.8) is 0 Å². The summed E-state index contributed by atoms with van der Waals surface area (Å²) in [5.41, 5.74) is 3.55. The quantitative estimate of drug-likeness (QED) is 0.647. The van der Waals surface area contributed by atoms with Crippen LogP contribution in [0, 0.1) is 13.8 Å². The highest BCUT2D eigenvalue weighted by molar-refractivity contribution is 7.89. The van der Waals surface area contributed by atoms with Crippen LogP contribution in [0.25, 0.3) is 5.52 Å². The standard InChI is InChI=1S/C20H25N5O3S/c1-4-25-20(26)19-12-17(13-23(19)14-21-25)29(27,28)24-9-7-22(8-10-24)18-11-15(2)5-6-16(18)3/h5-6,11-14H,4,7-10H2,1-3H3. The van der Waals surface area contributed by atoms with Crippen molar-refractivity contribution in [1.29, 1.82) is 0 Å². The molecule has 0 spiro atoms. The molecule has 0 atom stereocenters. The van der Waals surface area contributed by atoms with Gasteiger partial charge in [0, 0.05) is 44.6 Å². The maximum Gasteiger partial charge on any atom is 0.291 e. The van der Waals surface area contributed by atoms with Crippen molar-refractivity contribution in [2.45, 2.75) is 32.2 Å². The van der Waals surface area contributed by atoms with Crippen LogP contribution in [0.3, 0.4) is 0 Å². The molecule has 0 aliphatic carbocycles. The predicted octanol–water partition coefficient (Wildman–Crippen LogP) is 1.64. The largest absolute Gasteiger partial charge is 0.369 e. The maximum atomic E-state index is 13.2. The van der Waals surface area contributed by atoms with Gasteiger partial charge in [0.15, 0.2) is 0 Å². The summed E-state index contributed by atoms with van der Waals surface area (Å²) in [5, 5.41) is 4.04. The van der Waals surface area contributed by atoms with E-state index in [2.05, 4.69) is 42.0 Å². The van der Waals surface area contributed by atoms with Gasteiger partial charge in [-0.15, -0.1) is 0 Å². The van der Waals surface area contributed by atoms with Crippen LogP contribution in [0.4, 0.5) is 5.69 Å². The Labute approximate surface area is 170 Å². The normalized spacial score (nSPS) is 15.9. The summed E-state index contributed by atoms with van der Waals surface area (Å²) in [6, 6.07) is 7.77. The number of fused-ring (bicyclic) bond motifs is 1. The van der Waals surface area contributed by atoms with Gasteiger partial charge in [-0.25, -0.2) is 13.1 Å². The molecule has 1 fully saturated rings. The second-order valence-electron chi connectivity index (χ2n) is 7.40. The van der Waals surface area contributed by atoms with Gasteiger partial charge in [0.2, 0.25) is 10.0 Å². The average molecular weight is 416 g/mol. The molecule has 3 heterocycles. The second kappa shape index (κ2) is 7.31. The fraction of sp³-hybridized carbons (Fsp3) is 0.400. The van der Waals surface area contributed by atoms with E-state index in [1.807, 2.05) is 6.92 Å². The molecule has 0 bridgehead atoms. The molecule has 3 aromatic rings. The van der Waals surface area contributed by atoms with Gasteiger partial charge in [-0.1, -0.05) is 12.1 Å². The Morgan fingerprint density at radius 3 is 2.48 bits per heavy atom. The van der Waals surface area contributed by atoms with Crippen LogP contribution >= 0.6 is 0 Å². The average Bonchev–Trinajstić information content (AvgIpc) is 3.16. The number of aryl methyl sites for hydroxylation is 3. The summed E-state index contributed by atoms with van der Waals surface area (Å²) >= 11 is 0. The van der Waals surface area contributed by atoms with Gasteiger partial charge in [-0.2, -0.15) is 9.40 Å². The van der Waals surface area contributed by atoms with Crippen molar-refractivity contribution >= 4 is 21.2 Å². The van der Waals surface area contributed by atoms with Crippen molar-refractivity contribution < 1.29 is 8.42 Å². The Hall–Kier alpha value is -2.65. The van der Waals surface area contributed by atoms with Crippen LogP contribution in [0.5, 0.6) is 0 Å². The number of benzene rings is 1. The van der Waals surface area contributed by atoms with Gasteiger partial charge >= 0.3 is 0 Å². The zero-order valence-corrected chi connectivity index (χ0v) is 17.7. The highest BCUT2D eigenvalue weighted by Gasteiger charge is 2.30. The number of hydrogen-bond acceptors (Lipinski definition) is 5. The van der Waals surface area contributed by atoms with Gasteiger partial charge in [-0.3, -0.25) is 9.20 Å². The molecule has 8 nitrogen and oxygen atoms in total. The number of rotatable bonds is 4. The minimum atomic E-state index is -3.67. The number of sulfonamides is 1. The number of anilines is 1. The van der Waals surface area contributed by atoms with Gasteiger partial charge in [0.05, 0.1) is 0 Å². The third kappa shape index (κ3) is 3.44. The number of aromatic nitrogens is 3. The lowest BCUT2D eigenvalue weighted by Gasteiger charge is -2.36. The molecule has 2 aromatic heterocycles. The molecule has 1 aliphatic rings. The van der Waals surface area contributed by atoms with Gasteiger partial charge in [-0.05, 0) is 44.0 Å². The Balaban J connectivity index is 1.58. The first-order valence-corrected chi connectivity index (χ1v) is 11.2. The second-order valence-corrected chi connectivity index (χ2v) is 9.34. The maximum absolute atomic E-state index is 13.2. The van der Waals surface area contributed by atoms with E-state index in [4.69, 9.17) is 0 Å². The molecule has 0 saturated carbocycles. The smallest absolute Gasteiger partial charge is 0.291 e. The number of hydrogen-bond donors (Lipinski definition) is 0. The molecule has 154 valence electrons. The summed E-state index contributed by atoms with van der Waals surface area (Å²) < 4.78 is 30.6. The van der Waals surface area contributed by atoms with Crippen LogP contribution in [0.15, 0.2) is 46.5 Å². The van der Waals surface area contributed by atoms with Crippen LogP contribution in [-0.4, -0.2) is 53.1 Å². The van der Waals surface area contributed by atoms with Crippen LogP contribution in [0.2, 0.25) is 0 Å². The van der Waals surface area contributed by atoms with E-state index >= 15 is 0 Å². The predicted molar refractivity (Wildman–Crippen MR) is 112 cm³/mol. The van der Waals surface area contributed by atoms with Crippen molar-refractivity contribution in [3.8, 4) is 0 Å². The van der Waals surface area contributed by atoms with Gasteiger partial charge in [0.25, 0.3) is 5.56 Å². The van der Waals surface area contributed by atoms with Crippen molar-refractivity contribution in [1.82, 2.24) is 18.5 Å². The molecule has 0 N–H and O–H groups in total. The Kier molecular flexibility index (Phi) is 4.95. The minimum Gasteiger partial charge on any atom is -0.369 e. The SMILES string of the molecule is CCn1ncn2cc(S(=O)(=O)N3CCN(c4cc(C)ccc4C)CC3)cc2c1=O. The van der Waals surface area contributed by atoms with E-state index in [9.17, 15) is 13.2 Å².